The van der Waals surface area contributed by atoms with E-state index in [2.05, 4.69) is 9.44 Å². The minimum Gasteiger partial charge on any atom is -0.202 e. The SMILES string of the molecule is CCCCNS(=O)(=O)NCc1ccccc1. The standard InChI is InChI=1S/C11H18N2O2S/c1-2-3-9-12-16(14,15)13-10-11-7-5-4-6-8-11/h4-8,12-13H,2-3,9-10H2,1H3. The Kier molecular flexibility index (Phi) is 5.45. The number of nitrogens with one attached hydrogen (secondary N) is 2. The number of hydrogen-bond acceptors (Lipinski definition) is 2. The van der Waals surface area contributed by atoms with E-state index in [1.165, 1.54) is 0 Å². The Bertz CT molecular complexity index is 390. The van der Waals surface area contributed by atoms with Crippen molar-refractivity contribution in [2.45, 2.75) is 26.3 Å². The second kappa shape index (κ2) is 6.62. The summed E-state index contributed by atoms with van der Waals surface area (Å²) < 4.78 is 27.9. The first-order chi connectivity index (χ1) is 7.64. The number of rotatable bonds is 7. The van der Waals surface area contributed by atoms with Crippen molar-refractivity contribution >= 4 is 10.2 Å². The zero-order valence-corrected chi connectivity index (χ0v) is 10.3. The summed E-state index contributed by atoms with van der Waals surface area (Å²) in [5.74, 6) is 0. The summed E-state index contributed by atoms with van der Waals surface area (Å²) in [6.45, 7) is 2.83. The molecule has 0 heterocycles. The summed E-state index contributed by atoms with van der Waals surface area (Å²) in [6, 6.07) is 9.43. The van der Waals surface area contributed by atoms with Crippen LogP contribution in [0.1, 0.15) is 25.3 Å². The average molecular weight is 242 g/mol. The van der Waals surface area contributed by atoms with Crippen LogP contribution in [0.4, 0.5) is 0 Å². The van der Waals surface area contributed by atoms with Gasteiger partial charge in [0.25, 0.3) is 10.2 Å². The minimum atomic E-state index is -3.35. The van der Waals surface area contributed by atoms with E-state index in [0.29, 0.717) is 13.1 Å². The molecule has 0 bridgehead atoms. The lowest BCUT2D eigenvalue weighted by Gasteiger charge is -2.07. The molecule has 1 aromatic carbocycles. The van der Waals surface area contributed by atoms with Gasteiger partial charge in [0.1, 0.15) is 0 Å². The van der Waals surface area contributed by atoms with Crippen LogP contribution < -0.4 is 9.44 Å². The van der Waals surface area contributed by atoms with Gasteiger partial charge in [0, 0.05) is 13.1 Å². The molecule has 0 radical (unpaired) electrons. The van der Waals surface area contributed by atoms with Gasteiger partial charge in [-0.2, -0.15) is 13.1 Å². The molecule has 0 aliphatic heterocycles. The molecule has 0 aromatic heterocycles. The quantitative estimate of drug-likeness (QED) is 0.710. The van der Waals surface area contributed by atoms with Gasteiger partial charge in [-0.25, -0.2) is 4.72 Å². The number of hydrogen-bond donors (Lipinski definition) is 2. The Morgan fingerprint density at radius 3 is 2.44 bits per heavy atom. The minimum absolute atomic E-state index is 0.322. The van der Waals surface area contributed by atoms with Crippen molar-refractivity contribution in [2.24, 2.45) is 0 Å². The normalized spacial score (nSPS) is 11.6. The van der Waals surface area contributed by atoms with Crippen molar-refractivity contribution in [1.29, 1.82) is 0 Å². The van der Waals surface area contributed by atoms with E-state index in [1.54, 1.807) is 0 Å². The highest BCUT2D eigenvalue weighted by atomic mass is 32.2. The van der Waals surface area contributed by atoms with Crippen LogP contribution in [0.15, 0.2) is 30.3 Å². The largest absolute Gasteiger partial charge is 0.277 e. The van der Waals surface area contributed by atoms with Crippen LogP contribution >= 0.6 is 0 Å². The van der Waals surface area contributed by atoms with Crippen molar-refractivity contribution in [3.8, 4) is 0 Å². The summed E-state index contributed by atoms with van der Waals surface area (Å²) in [5, 5.41) is 0. The zero-order chi connectivity index (χ0) is 11.9. The van der Waals surface area contributed by atoms with E-state index in [1.807, 2.05) is 37.3 Å². The molecule has 90 valence electrons. The third kappa shape index (κ3) is 5.25. The van der Waals surface area contributed by atoms with E-state index in [9.17, 15) is 8.42 Å². The molecular formula is C11H18N2O2S. The van der Waals surface area contributed by atoms with E-state index in [-0.39, 0.29) is 0 Å². The molecule has 1 rings (SSSR count). The van der Waals surface area contributed by atoms with Gasteiger partial charge in [-0.1, -0.05) is 43.7 Å². The Morgan fingerprint density at radius 2 is 1.81 bits per heavy atom. The van der Waals surface area contributed by atoms with Crippen molar-refractivity contribution in [3.05, 3.63) is 35.9 Å². The first-order valence-corrected chi connectivity index (χ1v) is 6.90. The molecule has 0 saturated heterocycles. The van der Waals surface area contributed by atoms with E-state index < -0.39 is 10.2 Å². The monoisotopic (exact) mass is 242 g/mol. The predicted octanol–water partition coefficient (Wildman–Crippen LogP) is 1.41. The summed E-state index contributed by atoms with van der Waals surface area (Å²) >= 11 is 0. The third-order valence-corrected chi connectivity index (χ3v) is 3.24. The van der Waals surface area contributed by atoms with Crippen LogP contribution in [0, 0.1) is 0 Å². The summed E-state index contributed by atoms with van der Waals surface area (Å²) in [7, 11) is -3.35. The van der Waals surface area contributed by atoms with Crippen molar-refractivity contribution < 1.29 is 8.42 Å². The van der Waals surface area contributed by atoms with E-state index in [4.69, 9.17) is 0 Å². The lowest BCUT2D eigenvalue weighted by molar-refractivity contribution is 0.563. The van der Waals surface area contributed by atoms with Crippen LogP contribution in [0.5, 0.6) is 0 Å². The highest BCUT2D eigenvalue weighted by molar-refractivity contribution is 7.87. The molecule has 2 N–H and O–H groups in total. The Morgan fingerprint density at radius 1 is 1.12 bits per heavy atom. The number of unbranched alkanes of at least 4 members (excludes halogenated alkanes) is 1. The topological polar surface area (TPSA) is 58.2 Å². The van der Waals surface area contributed by atoms with Gasteiger partial charge in [0.15, 0.2) is 0 Å². The molecule has 0 aliphatic rings. The second-order valence-corrected chi connectivity index (χ2v) is 5.14. The van der Waals surface area contributed by atoms with Crippen LogP contribution in [0.25, 0.3) is 0 Å². The summed E-state index contributed by atoms with van der Waals surface area (Å²) in [6.07, 6.45) is 1.83. The van der Waals surface area contributed by atoms with Crippen LogP contribution in [-0.2, 0) is 16.8 Å². The van der Waals surface area contributed by atoms with Gasteiger partial charge >= 0.3 is 0 Å². The fourth-order valence-corrected chi connectivity index (χ4v) is 2.08. The molecule has 0 fully saturated rings. The summed E-state index contributed by atoms with van der Waals surface area (Å²) in [5.41, 5.74) is 0.948. The first-order valence-electron chi connectivity index (χ1n) is 5.42. The lowest BCUT2D eigenvalue weighted by atomic mass is 10.2. The molecule has 5 heteroatoms. The highest BCUT2D eigenvalue weighted by Gasteiger charge is 2.07. The molecule has 0 amide bonds. The molecule has 0 spiro atoms. The zero-order valence-electron chi connectivity index (χ0n) is 9.44. The summed E-state index contributed by atoms with van der Waals surface area (Å²) in [4.78, 5) is 0. The molecule has 0 unspecified atom stereocenters. The van der Waals surface area contributed by atoms with Crippen molar-refractivity contribution in [3.63, 3.8) is 0 Å². The lowest BCUT2D eigenvalue weighted by Crippen LogP contribution is -2.36. The fourth-order valence-electron chi connectivity index (χ4n) is 1.21. The van der Waals surface area contributed by atoms with E-state index in [0.717, 1.165) is 18.4 Å². The molecule has 0 atom stereocenters. The van der Waals surface area contributed by atoms with Crippen LogP contribution in [-0.4, -0.2) is 15.0 Å². The maximum Gasteiger partial charge on any atom is 0.277 e. The molecule has 1 aromatic rings. The van der Waals surface area contributed by atoms with Gasteiger partial charge in [0.05, 0.1) is 0 Å². The van der Waals surface area contributed by atoms with Crippen LogP contribution in [0.3, 0.4) is 0 Å². The Hall–Kier alpha value is -0.910. The van der Waals surface area contributed by atoms with E-state index >= 15 is 0 Å². The molecule has 16 heavy (non-hydrogen) atoms. The maximum absolute atomic E-state index is 11.5. The second-order valence-electron chi connectivity index (χ2n) is 3.56. The highest BCUT2D eigenvalue weighted by Crippen LogP contribution is 1.97. The van der Waals surface area contributed by atoms with Gasteiger partial charge < -0.3 is 0 Å². The van der Waals surface area contributed by atoms with Crippen molar-refractivity contribution in [2.75, 3.05) is 6.54 Å². The predicted molar refractivity (Wildman–Crippen MR) is 65.1 cm³/mol. The maximum atomic E-state index is 11.5. The smallest absolute Gasteiger partial charge is 0.202 e. The van der Waals surface area contributed by atoms with Gasteiger partial charge in [-0.05, 0) is 12.0 Å². The number of benzene rings is 1. The third-order valence-electron chi connectivity index (χ3n) is 2.13. The van der Waals surface area contributed by atoms with Gasteiger partial charge in [0.2, 0.25) is 0 Å². The molecule has 4 nitrogen and oxygen atoms in total. The molecule has 0 aliphatic carbocycles. The van der Waals surface area contributed by atoms with Gasteiger partial charge in [-0.15, -0.1) is 0 Å². The average Bonchev–Trinajstić information content (AvgIpc) is 2.28. The first kappa shape index (κ1) is 13.2. The fraction of sp³-hybridized carbons (Fsp3) is 0.455. The molecular weight excluding hydrogens is 224 g/mol. The Balaban J connectivity index is 2.36. The Labute approximate surface area is 97.3 Å². The van der Waals surface area contributed by atoms with Crippen LogP contribution in [0.2, 0.25) is 0 Å². The van der Waals surface area contributed by atoms with Crippen molar-refractivity contribution in [1.82, 2.24) is 9.44 Å². The molecule has 0 saturated carbocycles. The van der Waals surface area contributed by atoms with Gasteiger partial charge in [-0.3, -0.25) is 0 Å².